The molecule has 1 heterocycles. The number of hydrogen-bond donors (Lipinski definition) is 0. The Balaban J connectivity index is 2.29. The van der Waals surface area contributed by atoms with Crippen LogP contribution >= 0.6 is 0 Å². The van der Waals surface area contributed by atoms with Gasteiger partial charge in [0, 0.05) is 11.2 Å². The van der Waals surface area contributed by atoms with E-state index in [0.717, 1.165) is 6.26 Å². The third kappa shape index (κ3) is 3.89. The van der Waals surface area contributed by atoms with E-state index >= 15 is 0 Å². The highest BCUT2D eigenvalue weighted by atomic mass is 32.2. The van der Waals surface area contributed by atoms with Gasteiger partial charge in [-0.1, -0.05) is 12.1 Å². The normalized spacial score (nSPS) is 22.7. The number of benzene rings is 1. The smallest absolute Gasteiger partial charge is 0.399 e. The molecule has 1 unspecified atom stereocenters. The second-order valence-electron chi connectivity index (χ2n) is 6.52. The zero-order valence-electron chi connectivity index (χ0n) is 13.6. The van der Waals surface area contributed by atoms with Crippen molar-refractivity contribution in [3.8, 4) is 0 Å². The molecule has 2 rings (SSSR count). The fraction of sp³-hybridized carbons (Fsp3) is 0.571. The summed E-state index contributed by atoms with van der Waals surface area (Å²) < 4.78 is 63.3. The zero-order chi connectivity index (χ0) is 17.7. The maximum Gasteiger partial charge on any atom is 0.511 e. The van der Waals surface area contributed by atoms with Gasteiger partial charge in [-0.15, -0.1) is 17.5 Å². The first kappa shape index (κ1) is 18.3. The van der Waals surface area contributed by atoms with Gasteiger partial charge in [0.1, 0.15) is 0 Å². The Hall–Kier alpha value is -1.06. The topological polar surface area (TPSA) is 47.9 Å². The summed E-state index contributed by atoms with van der Waals surface area (Å²) >= 11 is 0. The maximum absolute atomic E-state index is 12.3. The van der Waals surface area contributed by atoms with Crippen LogP contribution in [0.2, 0.25) is 0 Å². The van der Waals surface area contributed by atoms with Gasteiger partial charge < -0.3 is 9.31 Å². The fourth-order valence-electron chi connectivity index (χ4n) is 2.11. The van der Waals surface area contributed by atoms with Crippen LogP contribution in [0.3, 0.4) is 0 Å². The molecule has 23 heavy (non-hydrogen) atoms. The Morgan fingerprint density at radius 3 is 1.87 bits per heavy atom. The van der Waals surface area contributed by atoms with Crippen LogP contribution in [0.5, 0.6) is 0 Å². The summed E-state index contributed by atoms with van der Waals surface area (Å²) in [6, 6.07) is 5.81. The van der Waals surface area contributed by atoms with E-state index in [1.807, 2.05) is 27.7 Å². The molecule has 0 aliphatic carbocycles. The molecule has 1 aromatic carbocycles. The summed E-state index contributed by atoms with van der Waals surface area (Å²) in [6.45, 7) is 7.62. The van der Waals surface area contributed by atoms with Crippen LogP contribution in [0, 0.1) is 0 Å². The van der Waals surface area contributed by atoms with Crippen molar-refractivity contribution in [2.24, 2.45) is 4.36 Å². The first-order valence-corrected chi connectivity index (χ1v) is 8.92. The lowest BCUT2D eigenvalue weighted by Crippen LogP contribution is -2.41. The van der Waals surface area contributed by atoms with Crippen molar-refractivity contribution in [2.75, 3.05) is 6.26 Å². The van der Waals surface area contributed by atoms with Crippen LogP contribution in [0.15, 0.2) is 33.5 Å². The van der Waals surface area contributed by atoms with Crippen molar-refractivity contribution >= 4 is 22.3 Å². The molecule has 0 amide bonds. The Labute approximate surface area is 134 Å². The largest absolute Gasteiger partial charge is 0.511 e. The van der Waals surface area contributed by atoms with E-state index < -0.39 is 34.3 Å². The van der Waals surface area contributed by atoms with Crippen LogP contribution in [0.4, 0.5) is 13.2 Å². The van der Waals surface area contributed by atoms with E-state index in [4.69, 9.17) is 9.31 Å². The average Bonchev–Trinajstić information content (AvgIpc) is 2.56. The molecule has 1 aliphatic heterocycles. The number of nitrogens with zero attached hydrogens (tertiary/aromatic N) is 1. The lowest BCUT2D eigenvalue weighted by Gasteiger charge is -2.32. The van der Waals surface area contributed by atoms with Crippen molar-refractivity contribution in [1.29, 1.82) is 0 Å². The van der Waals surface area contributed by atoms with Gasteiger partial charge >= 0.3 is 13.4 Å². The second-order valence-corrected chi connectivity index (χ2v) is 8.78. The zero-order valence-corrected chi connectivity index (χ0v) is 14.4. The highest BCUT2D eigenvalue weighted by Crippen LogP contribution is 2.36. The van der Waals surface area contributed by atoms with Gasteiger partial charge in [0.25, 0.3) is 0 Å². The first-order valence-electron chi connectivity index (χ1n) is 6.99. The van der Waals surface area contributed by atoms with E-state index in [-0.39, 0.29) is 4.90 Å². The number of hydrogen-bond acceptors (Lipinski definition) is 4. The molecule has 1 aliphatic rings. The molecule has 0 aromatic heterocycles. The van der Waals surface area contributed by atoms with Gasteiger partial charge in [-0.05, 0) is 45.3 Å². The molecule has 0 spiro atoms. The van der Waals surface area contributed by atoms with E-state index in [0.29, 0.717) is 5.46 Å². The summed E-state index contributed by atoms with van der Waals surface area (Å²) in [6.07, 6.45) is -3.87. The summed E-state index contributed by atoms with van der Waals surface area (Å²) in [5.74, 6) is 0. The SMILES string of the molecule is CC1(C)OB(c2ccc(S(C)(=O)=NC(F)(F)F)cc2)OC1(C)C. The molecule has 1 atom stereocenters. The summed E-state index contributed by atoms with van der Waals surface area (Å²) in [5.41, 5.74) is -0.379. The lowest BCUT2D eigenvalue weighted by molar-refractivity contribution is -0.117. The minimum atomic E-state index is -4.84. The molecule has 0 bridgehead atoms. The van der Waals surface area contributed by atoms with Crippen molar-refractivity contribution in [1.82, 2.24) is 0 Å². The van der Waals surface area contributed by atoms with Crippen molar-refractivity contribution in [2.45, 2.75) is 50.1 Å². The van der Waals surface area contributed by atoms with E-state index in [9.17, 15) is 17.4 Å². The molecule has 1 saturated heterocycles. The fourth-order valence-corrected chi connectivity index (χ4v) is 3.25. The van der Waals surface area contributed by atoms with E-state index in [2.05, 4.69) is 4.36 Å². The van der Waals surface area contributed by atoms with Gasteiger partial charge in [-0.25, -0.2) is 4.21 Å². The standard InChI is InChI=1S/C14H19BF3NO3S/c1-12(2)13(3,4)22-15(21-12)10-6-8-11(9-7-10)23(5,20)19-14(16,17)18/h6-9H,1-5H3. The quantitative estimate of drug-likeness (QED) is 0.609. The van der Waals surface area contributed by atoms with Crippen LogP contribution in [0.25, 0.3) is 0 Å². The third-order valence-electron chi connectivity index (χ3n) is 4.12. The average molecular weight is 349 g/mol. The molecule has 4 nitrogen and oxygen atoms in total. The van der Waals surface area contributed by atoms with Crippen LogP contribution < -0.4 is 5.46 Å². The van der Waals surface area contributed by atoms with Gasteiger partial charge in [-0.2, -0.15) is 0 Å². The van der Waals surface area contributed by atoms with Gasteiger partial charge in [0.05, 0.1) is 20.9 Å². The van der Waals surface area contributed by atoms with E-state index in [1.54, 1.807) is 12.1 Å². The van der Waals surface area contributed by atoms with Gasteiger partial charge in [-0.3, -0.25) is 0 Å². The van der Waals surface area contributed by atoms with Crippen LogP contribution in [0.1, 0.15) is 27.7 Å². The Kier molecular flexibility index (Phi) is 4.37. The van der Waals surface area contributed by atoms with Crippen molar-refractivity contribution in [3.05, 3.63) is 24.3 Å². The third-order valence-corrected chi connectivity index (χ3v) is 5.82. The number of rotatable bonds is 2. The predicted molar refractivity (Wildman–Crippen MR) is 83.0 cm³/mol. The Morgan fingerprint density at radius 1 is 1.04 bits per heavy atom. The van der Waals surface area contributed by atoms with Crippen LogP contribution in [-0.4, -0.2) is 35.1 Å². The predicted octanol–water partition coefficient (Wildman–Crippen LogP) is 2.96. The molecular formula is C14H19BF3NO3S. The molecule has 0 radical (unpaired) electrons. The lowest BCUT2D eigenvalue weighted by atomic mass is 9.79. The minimum Gasteiger partial charge on any atom is -0.399 e. The minimum absolute atomic E-state index is 0.00934. The molecular weight excluding hydrogens is 330 g/mol. The Morgan fingerprint density at radius 2 is 1.48 bits per heavy atom. The molecule has 0 saturated carbocycles. The van der Waals surface area contributed by atoms with E-state index in [1.165, 1.54) is 12.1 Å². The van der Waals surface area contributed by atoms with Crippen LogP contribution in [-0.2, 0) is 19.0 Å². The highest BCUT2D eigenvalue weighted by Gasteiger charge is 2.51. The first-order chi connectivity index (χ1) is 10.2. The maximum atomic E-state index is 12.3. The van der Waals surface area contributed by atoms with Gasteiger partial charge in [0.15, 0.2) is 0 Å². The number of halogens is 3. The van der Waals surface area contributed by atoms with Gasteiger partial charge in [0.2, 0.25) is 0 Å². The summed E-state index contributed by atoms with van der Waals surface area (Å²) in [4.78, 5) is 0.00934. The number of alkyl halides is 3. The highest BCUT2D eigenvalue weighted by molar-refractivity contribution is 7.93. The summed E-state index contributed by atoms with van der Waals surface area (Å²) in [5, 5.41) is 0. The molecule has 0 N–H and O–H groups in total. The monoisotopic (exact) mass is 349 g/mol. The molecule has 1 fully saturated rings. The molecule has 1 aromatic rings. The Bertz CT molecular complexity index is 691. The van der Waals surface area contributed by atoms with Crippen molar-refractivity contribution in [3.63, 3.8) is 0 Å². The summed E-state index contributed by atoms with van der Waals surface area (Å²) in [7, 11) is -4.16. The molecule has 128 valence electrons. The second kappa shape index (κ2) is 5.49. The van der Waals surface area contributed by atoms with Crippen molar-refractivity contribution < 1.29 is 26.7 Å². The molecule has 9 heteroatoms.